The third kappa shape index (κ3) is 3.56. The van der Waals surface area contributed by atoms with Crippen LogP contribution in [-0.2, 0) is 4.74 Å². The maximum Gasteiger partial charge on any atom is 0.358 e. The first-order valence-corrected chi connectivity index (χ1v) is 7.86. The molecule has 5 nitrogen and oxygen atoms in total. The lowest BCUT2D eigenvalue weighted by Crippen LogP contribution is -2.12. The standard InChI is InChI=1S/C19H20N2O3/c1-13-9-14(2)11-16(10-13)23-7-8-24-19(22)17-12-21-15(3)5-4-6-18(21)20-17/h4-6,9-12H,7-8H2,1-3H3. The minimum atomic E-state index is -0.442. The van der Waals surface area contributed by atoms with Gasteiger partial charge in [-0.1, -0.05) is 12.1 Å². The molecular weight excluding hydrogens is 304 g/mol. The molecule has 0 aliphatic carbocycles. The van der Waals surface area contributed by atoms with Crippen LogP contribution in [0.4, 0.5) is 0 Å². The van der Waals surface area contributed by atoms with Crippen LogP contribution in [-0.4, -0.2) is 28.6 Å². The van der Waals surface area contributed by atoms with Crippen molar-refractivity contribution in [1.82, 2.24) is 9.38 Å². The third-order valence-corrected chi connectivity index (χ3v) is 3.69. The van der Waals surface area contributed by atoms with E-state index in [-0.39, 0.29) is 6.61 Å². The van der Waals surface area contributed by atoms with Gasteiger partial charge in [0.05, 0.1) is 0 Å². The third-order valence-electron chi connectivity index (χ3n) is 3.69. The number of carbonyl (C=O) groups excluding carboxylic acids is 1. The first-order valence-electron chi connectivity index (χ1n) is 7.86. The summed E-state index contributed by atoms with van der Waals surface area (Å²) in [4.78, 5) is 16.4. The Morgan fingerprint density at radius 3 is 2.54 bits per heavy atom. The molecule has 0 spiro atoms. The summed E-state index contributed by atoms with van der Waals surface area (Å²) < 4.78 is 12.7. The molecule has 1 aromatic carbocycles. The minimum Gasteiger partial charge on any atom is -0.490 e. The van der Waals surface area contributed by atoms with Gasteiger partial charge in [-0.05, 0) is 56.2 Å². The van der Waals surface area contributed by atoms with E-state index in [9.17, 15) is 4.79 Å². The number of hydrogen-bond acceptors (Lipinski definition) is 4. The van der Waals surface area contributed by atoms with E-state index in [0.29, 0.717) is 12.3 Å². The van der Waals surface area contributed by atoms with Gasteiger partial charge in [-0.3, -0.25) is 0 Å². The van der Waals surface area contributed by atoms with Gasteiger partial charge in [-0.2, -0.15) is 0 Å². The van der Waals surface area contributed by atoms with Gasteiger partial charge in [0.25, 0.3) is 0 Å². The topological polar surface area (TPSA) is 52.8 Å². The van der Waals surface area contributed by atoms with Crippen molar-refractivity contribution < 1.29 is 14.3 Å². The summed E-state index contributed by atoms with van der Waals surface area (Å²) in [6, 6.07) is 11.7. The number of esters is 1. The number of nitrogens with zero attached hydrogens (tertiary/aromatic N) is 2. The fourth-order valence-corrected chi connectivity index (χ4v) is 2.63. The highest BCUT2D eigenvalue weighted by molar-refractivity contribution is 5.88. The SMILES string of the molecule is Cc1cc(C)cc(OCCOC(=O)c2cn3c(C)cccc3n2)c1. The van der Waals surface area contributed by atoms with Crippen LogP contribution in [0.2, 0.25) is 0 Å². The second-order valence-corrected chi connectivity index (χ2v) is 5.83. The van der Waals surface area contributed by atoms with Crippen LogP contribution < -0.4 is 4.74 Å². The summed E-state index contributed by atoms with van der Waals surface area (Å²) in [5, 5.41) is 0. The molecule has 0 amide bonds. The Hall–Kier alpha value is -2.82. The van der Waals surface area contributed by atoms with Gasteiger partial charge < -0.3 is 13.9 Å². The second-order valence-electron chi connectivity index (χ2n) is 5.83. The fraction of sp³-hybridized carbons (Fsp3) is 0.263. The van der Waals surface area contributed by atoms with Crippen molar-refractivity contribution in [2.45, 2.75) is 20.8 Å². The number of imidazole rings is 1. The lowest BCUT2D eigenvalue weighted by Gasteiger charge is -2.08. The molecule has 0 radical (unpaired) electrons. The highest BCUT2D eigenvalue weighted by Gasteiger charge is 2.12. The second kappa shape index (κ2) is 6.74. The van der Waals surface area contributed by atoms with Crippen molar-refractivity contribution in [2.24, 2.45) is 0 Å². The van der Waals surface area contributed by atoms with Crippen LogP contribution in [0.1, 0.15) is 27.3 Å². The van der Waals surface area contributed by atoms with Crippen LogP contribution in [0.15, 0.2) is 42.6 Å². The van der Waals surface area contributed by atoms with Crippen LogP contribution in [0.25, 0.3) is 5.65 Å². The molecule has 24 heavy (non-hydrogen) atoms. The van der Waals surface area contributed by atoms with E-state index in [1.54, 1.807) is 6.20 Å². The largest absolute Gasteiger partial charge is 0.490 e. The summed E-state index contributed by atoms with van der Waals surface area (Å²) in [6.07, 6.45) is 1.69. The lowest BCUT2D eigenvalue weighted by atomic mass is 10.1. The summed E-state index contributed by atoms with van der Waals surface area (Å²) in [6.45, 7) is 6.48. The Kier molecular flexibility index (Phi) is 4.51. The maximum absolute atomic E-state index is 12.1. The molecule has 5 heteroatoms. The Labute approximate surface area is 140 Å². The van der Waals surface area contributed by atoms with E-state index in [1.165, 1.54) is 0 Å². The number of benzene rings is 1. The molecule has 2 aromatic heterocycles. The zero-order valence-electron chi connectivity index (χ0n) is 14.1. The molecule has 0 fully saturated rings. The van der Waals surface area contributed by atoms with Gasteiger partial charge in [0.15, 0.2) is 5.69 Å². The van der Waals surface area contributed by atoms with Crippen molar-refractivity contribution >= 4 is 11.6 Å². The summed E-state index contributed by atoms with van der Waals surface area (Å²) >= 11 is 0. The molecule has 0 N–H and O–H groups in total. The molecule has 3 rings (SSSR count). The number of ether oxygens (including phenoxy) is 2. The molecule has 3 aromatic rings. The fourth-order valence-electron chi connectivity index (χ4n) is 2.63. The average molecular weight is 324 g/mol. The number of pyridine rings is 1. The van der Waals surface area contributed by atoms with Gasteiger partial charge in [0.2, 0.25) is 0 Å². The van der Waals surface area contributed by atoms with Gasteiger partial charge in [0.1, 0.15) is 24.6 Å². The number of aromatic nitrogens is 2. The van der Waals surface area contributed by atoms with E-state index in [1.807, 2.05) is 55.5 Å². The first kappa shape index (κ1) is 16.1. The van der Waals surface area contributed by atoms with E-state index in [4.69, 9.17) is 9.47 Å². The molecule has 124 valence electrons. The normalized spacial score (nSPS) is 10.8. The van der Waals surface area contributed by atoms with E-state index < -0.39 is 5.97 Å². The summed E-state index contributed by atoms with van der Waals surface area (Å²) in [5.74, 6) is 0.342. The molecular formula is C19H20N2O3. The molecule has 0 bridgehead atoms. The average Bonchev–Trinajstić information content (AvgIpc) is 2.96. The zero-order chi connectivity index (χ0) is 17.1. The van der Waals surface area contributed by atoms with Crippen molar-refractivity contribution in [3.05, 3.63) is 65.1 Å². The highest BCUT2D eigenvalue weighted by Crippen LogP contribution is 2.16. The molecule has 0 saturated heterocycles. The molecule has 0 aliphatic rings. The Balaban J connectivity index is 1.56. The summed E-state index contributed by atoms with van der Waals surface area (Å²) in [5.41, 5.74) is 4.32. The molecule has 0 aliphatic heterocycles. The molecule has 0 atom stereocenters. The van der Waals surface area contributed by atoms with Gasteiger partial charge in [0, 0.05) is 11.9 Å². The minimum absolute atomic E-state index is 0.179. The lowest BCUT2D eigenvalue weighted by molar-refractivity contribution is 0.0444. The number of rotatable bonds is 5. The number of fused-ring (bicyclic) bond motifs is 1. The van der Waals surface area contributed by atoms with Crippen molar-refractivity contribution in [2.75, 3.05) is 13.2 Å². The summed E-state index contributed by atoms with van der Waals surface area (Å²) in [7, 11) is 0. The number of aryl methyl sites for hydroxylation is 3. The van der Waals surface area contributed by atoms with Gasteiger partial charge in [-0.15, -0.1) is 0 Å². The van der Waals surface area contributed by atoms with E-state index >= 15 is 0 Å². The van der Waals surface area contributed by atoms with Gasteiger partial charge in [-0.25, -0.2) is 9.78 Å². The maximum atomic E-state index is 12.1. The quantitative estimate of drug-likeness (QED) is 0.532. The van der Waals surface area contributed by atoms with Crippen molar-refractivity contribution in [3.63, 3.8) is 0 Å². The monoisotopic (exact) mass is 324 g/mol. The first-order chi connectivity index (χ1) is 11.5. The molecule has 0 unspecified atom stereocenters. The van der Waals surface area contributed by atoms with Crippen molar-refractivity contribution in [1.29, 1.82) is 0 Å². The Bertz CT molecular complexity index is 863. The smallest absolute Gasteiger partial charge is 0.358 e. The Morgan fingerprint density at radius 2 is 1.83 bits per heavy atom. The molecule has 2 heterocycles. The van der Waals surface area contributed by atoms with E-state index in [0.717, 1.165) is 28.2 Å². The molecule has 0 saturated carbocycles. The van der Waals surface area contributed by atoms with Gasteiger partial charge >= 0.3 is 5.97 Å². The van der Waals surface area contributed by atoms with Crippen molar-refractivity contribution in [3.8, 4) is 5.75 Å². The van der Waals surface area contributed by atoms with Crippen LogP contribution >= 0.6 is 0 Å². The number of carbonyl (C=O) groups is 1. The van der Waals surface area contributed by atoms with Crippen LogP contribution in [0, 0.1) is 20.8 Å². The van der Waals surface area contributed by atoms with Crippen LogP contribution in [0.3, 0.4) is 0 Å². The van der Waals surface area contributed by atoms with E-state index in [2.05, 4.69) is 11.1 Å². The Morgan fingerprint density at radius 1 is 1.08 bits per heavy atom. The number of hydrogen-bond donors (Lipinski definition) is 0. The predicted molar refractivity (Wildman–Crippen MR) is 91.6 cm³/mol. The zero-order valence-corrected chi connectivity index (χ0v) is 14.1. The predicted octanol–water partition coefficient (Wildman–Crippen LogP) is 3.50. The highest BCUT2D eigenvalue weighted by atomic mass is 16.6. The van der Waals surface area contributed by atoms with Crippen LogP contribution in [0.5, 0.6) is 5.75 Å².